The minimum atomic E-state index is 0.115. The lowest BCUT2D eigenvalue weighted by atomic mass is 9.89. The minimum absolute atomic E-state index is 0.115. The zero-order valence-corrected chi connectivity index (χ0v) is 14.5. The fourth-order valence-corrected chi connectivity index (χ4v) is 5.19. The lowest BCUT2D eigenvalue weighted by Crippen LogP contribution is -2.29. The zero-order valence-electron chi connectivity index (χ0n) is 13.7. The third-order valence-electron chi connectivity index (χ3n) is 5.59. The average Bonchev–Trinajstić information content (AvgIpc) is 3.28. The number of nitrogens with one attached hydrogen (secondary N) is 1. The Labute approximate surface area is 142 Å². The second-order valence-corrected chi connectivity index (χ2v) is 8.37. The molecule has 2 aliphatic carbocycles. The van der Waals surface area contributed by atoms with Crippen molar-refractivity contribution in [3.05, 3.63) is 23.3 Å². The van der Waals surface area contributed by atoms with Gasteiger partial charge in [0.2, 0.25) is 0 Å². The van der Waals surface area contributed by atoms with Crippen LogP contribution in [-0.2, 0) is 0 Å². The van der Waals surface area contributed by atoms with Gasteiger partial charge in [-0.15, -0.1) is 11.3 Å². The number of thiophene rings is 1. The quantitative estimate of drug-likeness (QED) is 0.828. The first-order valence-corrected chi connectivity index (χ1v) is 10.0. The van der Waals surface area contributed by atoms with Crippen LogP contribution in [-0.4, -0.2) is 17.0 Å². The molecule has 2 fully saturated rings. The Morgan fingerprint density at radius 2 is 1.83 bits per heavy atom. The Morgan fingerprint density at radius 1 is 1.09 bits per heavy atom. The van der Waals surface area contributed by atoms with Gasteiger partial charge in [-0.2, -0.15) is 0 Å². The van der Waals surface area contributed by atoms with Gasteiger partial charge in [0.25, 0.3) is 5.91 Å². The molecule has 2 heterocycles. The van der Waals surface area contributed by atoms with E-state index in [4.69, 9.17) is 0 Å². The summed E-state index contributed by atoms with van der Waals surface area (Å²) in [6.45, 7) is 0.850. The van der Waals surface area contributed by atoms with Crippen LogP contribution < -0.4 is 5.32 Å². The maximum Gasteiger partial charge on any atom is 0.261 e. The Hall–Kier alpha value is -1.29. The fraction of sp³-hybridized carbons (Fsp3) is 0.632. The molecule has 2 saturated carbocycles. The summed E-state index contributed by atoms with van der Waals surface area (Å²) < 4.78 is 3.62. The van der Waals surface area contributed by atoms with Crippen LogP contribution in [0.3, 0.4) is 0 Å². The molecule has 2 aliphatic rings. The van der Waals surface area contributed by atoms with Crippen LogP contribution in [0.1, 0.15) is 73.5 Å². The first-order chi connectivity index (χ1) is 11.3. The van der Waals surface area contributed by atoms with E-state index < -0.39 is 0 Å². The van der Waals surface area contributed by atoms with Crippen LogP contribution in [0.4, 0.5) is 0 Å². The highest BCUT2D eigenvalue weighted by atomic mass is 32.1. The number of rotatable bonds is 4. The van der Waals surface area contributed by atoms with Gasteiger partial charge < -0.3 is 9.88 Å². The van der Waals surface area contributed by atoms with Crippen molar-refractivity contribution in [2.24, 2.45) is 5.92 Å². The van der Waals surface area contributed by atoms with Gasteiger partial charge in [-0.05, 0) is 37.7 Å². The topological polar surface area (TPSA) is 34.0 Å². The third kappa shape index (κ3) is 3.32. The number of hydrogen-bond donors (Lipinski definition) is 1. The molecule has 3 nitrogen and oxygen atoms in total. The first-order valence-electron chi connectivity index (χ1n) is 9.19. The van der Waals surface area contributed by atoms with Gasteiger partial charge in [-0.3, -0.25) is 4.79 Å². The van der Waals surface area contributed by atoms with Gasteiger partial charge in [0.1, 0.15) is 0 Å². The van der Waals surface area contributed by atoms with Crippen LogP contribution in [0, 0.1) is 5.92 Å². The maximum atomic E-state index is 12.4. The number of carbonyl (C=O) groups excluding carboxylic acids is 1. The van der Waals surface area contributed by atoms with E-state index in [0.29, 0.717) is 12.0 Å². The van der Waals surface area contributed by atoms with Gasteiger partial charge in [0.05, 0.1) is 9.58 Å². The molecule has 23 heavy (non-hydrogen) atoms. The second kappa shape index (κ2) is 6.68. The van der Waals surface area contributed by atoms with E-state index in [2.05, 4.69) is 28.3 Å². The van der Waals surface area contributed by atoms with E-state index in [-0.39, 0.29) is 5.91 Å². The van der Waals surface area contributed by atoms with Crippen LogP contribution in [0.5, 0.6) is 0 Å². The summed E-state index contributed by atoms with van der Waals surface area (Å²) in [6.07, 6.45) is 16.4. The standard InChI is InChI=1S/C19H26N2OS/c22-19(20-11-14-6-2-1-3-7-14)17-10-15-12-21(13-18(15)23-17)16-8-4-5-9-16/h10,12-14,16H,1-9,11H2,(H,20,22). The summed E-state index contributed by atoms with van der Waals surface area (Å²) in [4.78, 5) is 13.3. The second-order valence-electron chi connectivity index (χ2n) is 7.29. The summed E-state index contributed by atoms with van der Waals surface area (Å²) in [7, 11) is 0. The van der Waals surface area contributed by atoms with Crippen molar-refractivity contribution in [1.82, 2.24) is 9.88 Å². The summed E-state index contributed by atoms with van der Waals surface area (Å²) in [5.41, 5.74) is 0. The predicted molar refractivity (Wildman–Crippen MR) is 96.2 cm³/mol. The predicted octanol–water partition coefficient (Wildman–Crippen LogP) is 5.13. The highest BCUT2D eigenvalue weighted by Crippen LogP contribution is 2.34. The van der Waals surface area contributed by atoms with Crippen molar-refractivity contribution in [1.29, 1.82) is 0 Å². The van der Waals surface area contributed by atoms with Gasteiger partial charge in [-0.1, -0.05) is 32.1 Å². The van der Waals surface area contributed by atoms with Gasteiger partial charge in [-0.25, -0.2) is 0 Å². The van der Waals surface area contributed by atoms with E-state index >= 15 is 0 Å². The molecule has 0 saturated heterocycles. The van der Waals surface area contributed by atoms with Crippen molar-refractivity contribution in [3.8, 4) is 0 Å². The van der Waals surface area contributed by atoms with E-state index in [1.165, 1.54) is 67.9 Å². The van der Waals surface area contributed by atoms with Crippen LogP contribution >= 0.6 is 11.3 Å². The maximum absolute atomic E-state index is 12.4. The summed E-state index contributed by atoms with van der Waals surface area (Å²) in [5, 5.41) is 4.38. The third-order valence-corrected chi connectivity index (χ3v) is 6.68. The summed E-state index contributed by atoms with van der Waals surface area (Å²) in [6, 6.07) is 2.75. The molecule has 0 aromatic carbocycles. The van der Waals surface area contributed by atoms with Crippen LogP contribution in [0.15, 0.2) is 18.5 Å². The molecule has 4 rings (SSSR count). The largest absolute Gasteiger partial charge is 0.351 e. The lowest BCUT2D eigenvalue weighted by Gasteiger charge is -2.21. The minimum Gasteiger partial charge on any atom is -0.351 e. The smallest absolute Gasteiger partial charge is 0.261 e. The highest BCUT2D eigenvalue weighted by molar-refractivity contribution is 7.20. The molecule has 0 unspecified atom stereocenters. The van der Waals surface area contributed by atoms with Crippen molar-refractivity contribution in [2.75, 3.05) is 6.54 Å². The van der Waals surface area contributed by atoms with Gasteiger partial charge in [0.15, 0.2) is 0 Å². The molecule has 2 aromatic rings. The Bertz CT molecular complexity index is 643. The fourth-order valence-electron chi connectivity index (χ4n) is 4.19. The van der Waals surface area contributed by atoms with Crippen molar-refractivity contribution < 1.29 is 4.79 Å². The van der Waals surface area contributed by atoms with E-state index in [1.54, 1.807) is 11.3 Å². The average molecular weight is 330 g/mol. The number of hydrogen-bond acceptors (Lipinski definition) is 2. The molecule has 0 atom stereocenters. The highest BCUT2D eigenvalue weighted by Gasteiger charge is 2.19. The normalized spacial score (nSPS) is 20.3. The molecule has 0 radical (unpaired) electrons. The molecule has 4 heteroatoms. The number of carbonyl (C=O) groups is 1. The number of amides is 1. The van der Waals surface area contributed by atoms with Crippen molar-refractivity contribution >= 4 is 27.3 Å². The summed E-state index contributed by atoms with van der Waals surface area (Å²) in [5.74, 6) is 0.805. The Kier molecular flexibility index (Phi) is 4.43. The zero-order chi connectivity index (χ0) is 15.6. The van der Waals surface area contributed by atoms with Crippen molar-refractivity contribution in [3.63, 3.8) is 0 Å². The number of fused-ring (bicyclic) bond motifs is 1. The molecule has 124 valence electrons. The lowest BCUT2D eigenvalue weighted by molar-refractivity contribution is 0.0947. The molecular formula is C19H26N2OS. The van der Waals surface area contributed by atoms with Crippen LogP contribution in [0.2, 0.25) is 0 Å². The monoisotopic (exact) mass is 330 g/mol. The molecule has 1 amide bonds. The van der Waals surface area contributed by atoms with E-state index in [0.717, 1.165) is 11.4 Å². The van der Waals surface area contributed by atoms with Crippen LogP contribution in [0.25, 0.3) is 10.1 Å². The Morgan fingerprint density at radius 3 is 2.57 bits per heavy atom. The molecular weight excluding hydrogens is 304 g/mol. The summed E-state index contributed by atoms with van der Waals surface area (Å²) >= 11 is 1.64. The number of nitrogens with zero attached hydrogens (tertiary/aromatic N) is 1. The Balaban J connectivity index is 1.39. The van der Waals surface area contributed by atoms with Gasteiger partial charge in [0, 0.05) is 30.4 Å². The molecule has 1 N–H and O–H groups in total. The molecule has 0 spiro atoms. The van der Waals surface area contributed by atoms with E-state index in [1.807, 2.05) is 0 Å². The molecule has 0 bridgehead atoms. The molecule has 2 aromatic heterocycles. The molecule has 0 aliphatic heterocycles. The number of aromatic nitrogens is 1. The SMILES string of the molecule is O=C(NCC1CCCCC1)c1cc2cn(C3CCCC3)cc2s1. The van der Waals surface area contributed by atoms with E-state index in [9.17, 15) is 4.79 Å². The first kappa shape index (κ1) is 15.3. The van der Waals surface area contributed by atoms with Gasteiger partial charge >= 0.3 is 0 Å². The van der Waals surface area contributed by atoms with Crippen molar-refractivity contribution in [2.45, 2.75) is 63.8 Å².